The van der Waals surface area contributed by atoms with Gasteiger partial charge in [0.25, 0.3) is 0 Å². The Kier molecular flexibility index (Phi) is 6.25. The number of methoxy groups -OCH3 is 1. The minimum atomic E-state index is -0.349. The van der Waals surface area contributed by atoms with Crippen LogP contribution in [-0.2, 0) is 14.3 Å². The van der Waals surface area contributed by atoms with Gasteiger partial charge >= 0.3 is 5.97 Å². The summed E-state index contributed by atoms with van der Waals surface area (Å²) in [5.74, 6) is -0.847. The summed E-state index contributed by atoms with van der Waals surface area (Å²) in [6.45, 7) is 2.04. The second-order valence-electron chi connectivity index (χ2n) is 4.53. The molecular weight excluding hydrogens is 278 g/mol. The van der Waals surface area contributed by atoms with Crippen molar-refractivity contribution in [1.29, 1.82) is 0 Å². The summed E-state index contributed by atoms with van der Waals surface area (Å²) in [6.07, 6.45) is 3.17. The number of amides is 1. The minimum absolute atomic E-state index is 0.171. The zero-order valence-corrected chi connectivity index (χ0v) is 12.6. The van der Waals surface area contributed by atoms with Gasteiger partial charge in [0, 0.05) is 24.7 Å². The molecule has 0 aliphatic carbocycles. The van der Waals surface area contributed by atoms with Gasteiger partial charge in [0.05, 0.1) is 13.0 Å². The number of likely N-dealkylation sites (N-methyl/N-ethyl adjacent to an activating group) is 1. The Morgan fingerprint density at radius 3 is 2.50 bits per heavy atom. The van der Waals surface area contributed by atoms with Crippen molar-refractivity contribution < 1.29 is 14.3 Å². The molecule has 0 bridgehead atoms. The largest absolute Gasteiger partial charge is 0.469 e. The van der Waals surface area contributed by atoms with Crippen LogP contribution in [0.25, 0.3) is 6.08 Å². The molecule has 4 nitrogen and oxygen atoms in total. The Hall–Kier alpha value is -1.81. The molecule has 1 atom stereocenters. The molecule has 20 heavy (non-hydrogen) atoms. The lowest BCUT2D eigenvalue weighted by Crippen LogP contribution is -2.33. The number of hydrogen-bond donors (Lipinski definition) is 0. The number of benzene rings is 1. The van der Waals surface area contributed by atoms with E-state index in [0.29, 0.717) is 11.6 Å². The lowest BCUT2D eigenvalue weighted by Gasteiger charge is -2.18. The fourth-order valence-electron chi connectivity index (χ4n) is 1.65. The molecule has 1 rings (SSSR count). The molecule has 0 heterocycles. The van der Waals surface area contributed by atoms with E-state index in [1.807, 2.05) is 12.1 Å². The van der Waals surface area contributed by atoms with Gasteiger partial charge in [-0.2, -0.15) is 0 Å². The average Bonchev–Trinajstić information content (AvgIpc) is 2.45. The molecule has 0 saturated heterocycles. The third-order valence-corrected chi connectivity index (χ3v) is 3.07. The lowest BCUT2D eigenvalue weighted by molar-refractivity contribution is -0.145. The second-order valence-corrected chi connectivity index (χ2v) is 4.96. The highest BCUT2D eigenvalue weighted by Gasteiger charge is 2.17. The third kappa shape index (κ3) is 5.05. The van der Waals surface area contributed by atoms with Crippen molar-refractivity contribution in [2.45, 2.75) is 6.92 Å². The first-order chi connectivity index (χ1) is 9.43. The molecule has 0 spiro atoms. The predicted molar refractivity (Wildman–Crippen MR) is 79.3 cm³/mol. The highest BCUT2D eigenvalue weighted by Crippen LogP contribution is 2.11. The molecule has 0 aliphatic heterocycles. The van der Waals surface area contributed by atoms with Gasteiger partial charge < -0.3 is 9.64 Å². The summed E-state index contributed by atoms with van der Waals surface area (Å²) in [6, 6.07) is 7.16. The molecule has 0 N–H and O–H groups in total. The van der Waals surface area contributed by atoms with Crippen molar-refractivity contribution in [2.24, 2.45) is 5.92 Å². The normalized spacial score (nSPS) is 12.2. The maximum absolute atomic E-state index is 11.9. The van der Waals surface area contributed by atoms with Crippen molar-refractivity contribution in [1.82, 2.24) is 4.90 Å². The Bertz CT molecular complexity index is 496. The number of carbonyl (C=O) groups excluding carboxylic acids is 2. The van der Waals surface area contributed by atoms with Crippen LogP contribution in [0.15, 0.2) is 30.3 Å². The first-order valence-corrected chi connectivity index (χ1v) is 6.58. The number of hydrogen-bond acceptors (Lipinski definition) is 3. The summed E-state index contributed by atoms with van der Waals surface area (Å²) in [4.78, 5) is 24.7. The van der Waals surface area contributed by atoms with Crippen LogP contribution in [0, 0.1) is 5.92 Å². The Morgan fingerprint density at radius 1 is 1.35 bits per heavy atom. The van der Waals surface area contributed by atoms with E-state index >= 15 is 0 Å². The molecule has 1 amide bonds. The topological polar surface area (TPSA) is 46.6 Å². The number of carbonyl (C=O) groups is 2. The molecule has 0 aliphatic rings. The zero-order chi connectivity index (χ0) is 15.1. The molecule has 108 valence electrons. The molecule has 1 aromatic carbocycles. The Morgan fingerprint density at radius 2 is 1.95 bits per heavy atom. The van der Waals surface area contributed by atoms with Gasteiger partial charge in [-0.05, 0) is 23.8 Å². The van der Waals surface area contributed by atoms with Crippen molar-refractivity contribution in [2.75, 3.05) is 20.7 Å². The Balaban J connectivity index is 2.57. The van der Waals surface area contributed by atoms with Gasteiger partial charge in [-0.15, -0.1) is 0 Å². The summed E-state index contributed by atoms with van der Waals surface area (Å²) in [5, 5.41) is 0.650. The minimum Gasteiger partial charge on any atom is -0.469 e. The van der Waals surface area contributed by atoms with E-state index in [1.54, 1.807) is 32.2 Å². The maximum Gasteiger partial charge on any atom is 0.310 e. The number of rotatable bonds is 5. The number of esters is 1. The van der Waals surface area contributed by atoms with Crippen LogP contribution in [0.1, 0.15) is 12.5 Å². The quantitative estimate of drug-likeness (QED) is 0.620. The molecule has 5 heteroatoms. The predicted octanol–water partition coefficient (Wildman–Crippen LogP) is 2.62. The first kappa shape index (κ1) is 16.2. The summed E-state index contributed by atoms with van der Waals surface area (Å²) < 4.78 is 4.63. The van der Waals surface area contributed by atoms with Gasteiger partial charge in [0.2, 0.25) is 5.91 Å². The molecule has 1 aromatic rings. The van der Waals surface area contributed by atoms with Crippen LogP contribution < -0.4 is 0 Å². The van der Waals surface area contributed by atoms with Crippen LogP contribution in [0.3, 0.4) is 0 Å². The van der Waals surface area contributed by atoms with Crippen molar-refractivity contribution in [3.63, 3.8) is 0 Å². The molecule has 0 aromatic heterocycles. The lowest BCUT2D eigenvalue weighted by atomic mass is 10.1. The standard InChI is InChI=1S/C15H18ClNO3/c1-11(15(19)20-3)10-17(2)14(18)9-6-12-4-7-13(16)8-5-12/h4-9,11H,10H2,1-3H3. The van der Waals surface area contributed by atoms with Gasteiger partial charge in [-0.1, -0.05) is 30.7 Å². The summed E-state index contributed by atoms with van der Waals surface area (Å²) in [7, 11) is 2.98. The number of ether oxygens (including phenoxy) is 1. The van der Waals surface area contributed by atoms with Gasteiger partial charge in [-0.3, -0.25) is 9.59 Å². The van der Waals surface area contributed by atoms with Crippen molar-refractivity contribution >= 4 is 29.6 Å². The fourth-order valence-corrected chi connectivity index (χ4v) is 1.77. The summed E-state index contributed by atoms with van der Waals surface area (Å²) >= 11 is 5.78. The monoisotopic (exact) mass is 295 g/mol. The van der Waals surface area contributed by atoms with Crippen molar-refractivity contribution in [3.05, 3.63) is 40.9 Å². The third-order valence-electron chi connectivity index (χ3n) is 2.82. The van der Waals surface area contributed by atoms with Crippen LogP contribution in [0.4, 0.5) is 0 Å². The number of halogens is 1. The van der Waals surface area contributed by atoms with Gasteiger partial charge in [0.15, 0.2) is 0 Å². The first-order valence-electron chi connectivity index (χ1n) is 6.20. The fraction of sp³-hybridized carbons (Fsp3) is 0.333. The smallest absolute Gasteiger partial charge is 0.310 e. The van der Waals surface area contributed by atoms with E-state index in [9.17, 15) is 9.59 Å². The molecule has 0 saturated carbocycles. The van der Waals surface area contributed by atoms with Crippen LogP contribution in [0.2, 0.25) is 5.02 Å². The van der Waals surface area contributed by atoms with Crippen LogP contribution >= 0.6 is 11.6 Å². The second kappa shape index (κ2) is 7.70. The van der Waals surface area contributed by atoms with E-state index in [-0.39, 0.29) is 17.8 Å². The maximum atomic E-state index is 11.9. The number of nitrogens with zero attached hydrogens (tertiary/aromatic N) is 1. The van der Waals surface area contributed by atoms with E-state index in [2.05, 4.69) is 4.74 Å². The summed E-state index contributed by atoms with van der Waals surface area (Å²) in [5.41, 5.74) is 0.886. The average molecular weight is 296 g/mol. The van der Waals surface area contributed by atoms with Gasteiger partial charge in [0.1, 0.15) is 0 Å². The van der Waals surface area contributed by atoms with E-state index in [4.69, 9.17) is 11.6 Å². The van der Waals surface area contributed by atoms with E-state index in [0.717, 1.165) is 5.56 Å². The molecular formula is C15H18ClNO3. The van der Waals surface area contributed by atoms with Gasteiger partial charge in [-0.25, -0.2) is 0 Å². The zero-order valence-electron chi connectivity index (χ0n) is 11.8. The Labute approximate surface area is 124 Å². The molecule has 0 fully saturated rings. The molecule has 1 unspecified atom stereocenters. The van der Waals surface area contributed by atoms with Crippen LogP contribution in [-0.4, -0.2) is 37.5 Å². The van der Waals surface area contributed by atoms with E-state index < -0.39 is 0 Å². The van der Waals surface area contributed by atoms with Crippen LogP contribution in [0.5, 0.6) is 0 Å². The SMILES string of the molecule is COC(=O)C(C)CN(C)C(=O)C=Cc1ccc(Cl)cc1. The highest BCUT2D eigenvalue weighted by molar-refractivity contribution is 6.30. The van der Waals surface area contributed by atoms with Crippen molar-refractivity contribution in [3.8, 4) is 0 Å². The van der Waals surface area contributed by atoms with E-state index in [1.165, 1.54) is 18.1 Å². The highest BCUT2D eigenvalue weighted by atomic mass is 35.5. The molecule has 0 radical (unpaired) electrons.